The molecule has 0 bridgehead atoms. The molecule has 1 aromatic rings. The zero-order chi connectivity index (χ0) is 17.2. The molecule has 0 saturated carbocycles. The summed E-state index contributed by atoms with van der Waals surface area (Å²) in [4.78, 5) is 21.5. The number of nitro benzene ring substituents is 1. The van der Waals surface area contributed by atoms with Crippen LogP contribution in [0.25, 0.3) is 0 Å². The van der Waals surface area contributed by atoms with Gasteiger partial charge in [-0.25, -0.2) is 12.7 Å². The smallest absolute Gasteiger partial charge is 0.307 e. The van der Waals surface area contributed by atoms with Gasteiger partial charge in [0.05, 0.1) is 16.6 Å². The standard InChI is InChI=1S/C14H18N2O6S/c1-10-6-12(14(17)18)8-15(7-10)23(21,22)9-11-4-2-3-5-13(11)16(19)20/h2-5,10,12H,6-9H2,1H3,(H,17,18). The van der Waals surface area contributed by atoms with Crippen molar-refractivity contribution in [3.05, 3.63) is 39.9 Å². The van der Waals surface area contributed by atoms with E-state index in [1.165, 1.54) is 24.3 Å². The molecule has 126 valence electrons. The summed E-state index contributed by atoms with van der Waals surface area (Å²) in [7, 11) is -3.83. The molecule has 2 unspecified atom stereocenters. The van der Waals surface area contributed by atoms with Crippen molar-refractivity contribution >= 4 is 21.7 Å². The van der Waals surface area contributed by atoms with Crippen molar-refractivity contribution < 1.29 is 23.2 Å². The maximum Gasteiger partial charge on any atom is 0.307 e. The fourth-order valence-corrected chi connectivity index (χ4v) is 4.52. The molecule has 9 heteroatoms. The second-order valence-corrected chi connectivity index (χ2v) is 7.80. The monoisotopic (exact) mass is 342 g/mol. The van der Waals surface area contributed by atoms with Crippen LogP contribution in [0.15, 0.2) is 24.3 Å². The first kappa shape index (κ1) is 17.4. The molecule has 0 aliphatic carbocycles. The highest BCUT2D eigenvalue weighted by Crippen LogP contribution is 2.27. The van der Waals surface area contributed by atoms with Gasteiger partial charge in [-0.15, -0.1) is 0 Å². The third-order valence-corrected chi connectivity index (χ3v) is 5.66. The maximum atomic E-state index is 12.6. The van der Waals surface area contributed by atoms with Crippen LogP contribution in [-0.2, 0) is 20.6 Å². The van der Waals surface area contributed by atoms with Crippen LogP contribution in [0.2, 0.25) is 0 Å². The number of hydrogen-bond acceptors (Lipinski definition) is 5. The molecule has 8 nitrogen and oxygen atoms in total. The van der Waals surface area contributed by atoms with E-state index in [-0.39, 0.29) is 30.3 Å². The first-order chi connectivity index (χ1) is 10.7. The summed E-state index contributed by atoms with van der Waals surface area (Å²) < 4.78 is 26.2. The number of carbonyl (C=O) groups is 1. The van der Waals surface area contributed by atoms with E-state index >= 15 is 0 Å². The lowest BCUT2D eigenvalue weighted by molar-refractivity contribution is -0.385. The minimum atomic E-state index is -3.83. The highest BCUT2D eigenvalue weighted by atomic mass is 32.2. The number of carboxylic acids is 1. The summed E-state index contributed by atoms with van der Waals surface area (Å²) >= 11 is 0. The zero-order valence-corrected chi connectivity index (χ0v) is 13.4. The van der Waals surface area contributed by atoms with E-state index in [0.717, 1.165) is 4.31 Å². The Labute approximate surface area is 133 Å². The van der Waals surface area contributed by atoms with Crippen LogP contribution in [0.1, 0.15) is 18.9 Å². The van der Waals surface area contributed by atoms with Crippen LogP contribution < -0.4 is 0 Å². The number of benzene rings is 1. The molecule has 1 heterocycles. The lowest BCUT2D eigenvalue weighted by Crippen LogP contribution is -2.45. The number of piperidine rings is 1. The average molecular weight is 342 g/mol. The van der Waals surface area contributed by atoms with Gasteiger partial charge in [0.15, 0.2) is 0 Å². The van der Waals surface area contributed by atoms with E-state index in [4.69, 9.17) is 5.11 Å². The minimum Gasteiger partial charge on any atom is -0.481 e. The van der Waals surface area contributed by atoms with Crippen molar-refractivity contribution in [2.45, 2.75) is 19.1 Å². The molecule has 0 radical (unpaired) electrons. The summed E-state index contributed by atoms with van der Waals surface area (Å²) in [6.07, 6.45) is 0.423. The number of carboxylic acid groups (broad SMARTS) is 1. The largest absolute Gasteiger partial charge is 0.481 e. The second kappa shape index (κ2) is 6.63. The number of para-hydroxylation sites is 1. The van der Waals surface area contributed by atoms with Crippen molar-refractivity contribution in [3.63, 3.8) is 0 Å². The molecule has 23 heavy (non-hydrogen) atoms. The molecule has 0 aromatic heterocycles. The normalized spacial score (nSPS) is 22.7. The lowest BCUT2D eigenvalue weighted by Gasteiger charge is -2.33. The summed E-state index contributed by atoms with van der Waals surface area (Å²) in [5, 5.41) is 20.1. The summed E-state index contributed by atoms with van der Waals surface area (Å²) in [5.41, 5.74) is -0.154. The van der Waals surface area contributed by atoms with Crippen molar-refractivity contribution in [3.8, 4) is 0 Å². The first-order valence-electron chi connectivity index (χ1n) is 7.13. The highest BCUT2D eigenvalue weighted by Gasteiger charge is 2.36. The molecule has 2 atom stereocenters. The Morgan fingerprint density at radius 3 is 2.65 bits per heavy atom. The Balaban J connectivity index is 2.25. The van der Waals surface area contributed by atoms with E-state index in [1.54, 1.807) is 6.92 Å². The Bertz CT molecular complexity index is 718. The highest BCUT2D eigenvalue weighted by molar-refractivity contribution is 7.88. The molecule has 0 amide bonds. The Hall–Kier alpha value is -2.00. The number of aliphatic carboxylic acids is 1. The Kier molecular flexibility index (Phi) is 5.00. The Morgan fingerprint density at radius 1 is 1.39 bits per heavy atom. The molecule has 1 saturated heterocycles. The van der Waals surface area contributed by atoms with Gasteiger partial charge in [-0.05, 0) is 12.3 Å². The van der Waals surface area contributed by atoms with Crippen LogP contribution >= 0.6 is 0 Å². The van der Waals surface area contributed by atoms with Crippen LogP contribution in [0.4, 0.5) is 5.69 Å². The number of rotatable bonds is 5. The van der Waals surface area contributed by atoms with Crippen LogP contribution in [-0.4, -0.2) is 41.8 Å². The summed E-state index contributed by atoms with van der Waals surface area (Å²) in [5.74, 6) is -2.37. The van der Waals surface area contributed by atoms with Gasteiger partial charge in [0, 0.05) is 24.7 Å². The first-order valence-corrected chi connectivity index (χ1v) is 8.74. The topological polar surface area (TPSA) is 118 Å². The maximum absolute atomic E-state index is 12.6. The van der Waals surface area contributed by atoms with Gasteiger partial charge in [0.2, 0.25) is 10.0 Å². The van der Waals surface area contributed by atoms with Crippen LogP contribution in [0.5, 0.6) is 0 Å². The van der Waals surface area contributed by atoms with Crippen molar-refractivity contribution in [2.24, 2.45) is 11.8 Å². The summed E-state index contributed by atoms with van der Waals surface area (Å²) in [6.45, 7) is 1.93. The molecule has 1 aromatic carbocycles. The van der Waals surface area contributed by atoms with Crippen LogP contribution in [0, 0.1) is 22.0 Å². The average Bonchev–Trinajstić information content (AvgIpc) is 2.46. The predicted molar refractivity (Wildman–Crippen MR) is 82.2 cm³/mol. The van der Waals surface area contributed by atoms with Crippen LogP contribution in [0.3, 0.4) is 0 Å². The van der Waals surface area contributed by atoms with E-state index in [0.29, 0.717) is 6.42 Å². The number of hydrogen-bond donors (Lipinski definition) is 1. The molecular formula is C14H18N2O6S. The second-order valence-electron chi connectivity index (χ2n) is 5.84. The van der Waals surface area contributed by atoms with Gasteiger partial charge >= 0.3 is 5.97 Å². The Morgan fingerprint density at radius 2 is 2.04 bits per heavy atom. The minimum absolute atomic E-state index is 0.0783. The van der Waals surface area contributed by atoms with Gasteiger partial charge in [-0.3, -0.25) is 14.9 Å². The van der Waals surface area contributed by atoms with Gasteiger partial charge in [-0.2, -0.15) is 0 Å². The van der Waals surface area contributed by atoms with Gasteiger partial charge < -0.3 is 5.11 Å². The molecule has 1 aliphatic rings. The van der Waals surface area contributed by atoms with Gasteiger partial charge in [0.25, 0.3) is 5.69 Å². The zero-order valence-electron chi connectivity index (χ0n) is 12.6. The van der Waals surface area contributed by atoms with E-state index in [9.17, 15) is 23.3 Å². The molecular weight excluding hydrogens is 324 g/mol. The van der Waals surface area contributed by atoms with Crippen molar-refractivity contribution in [1.82, 2.24) is 4.31 Å². The quantitative estimate of drug-likeness (QED) is 0.639. The molecule has 1 aliphatic heterocycles. The fourth-order valence-electron chi connectivity index (χ4n) is 2.81. The van der Waals surface area contributed by atoms with Crippen molar-refractivity contribution in [2.75, 3.05) is 13.1 Å². The third kappa shape index (κ3) is 4.05. The number of sulfonamides is 1. The van der Waals surface area contributed by atoms with E-state index in [1.807, 2.05) is 0 Å². The predicted octanol–water partition coefficient (Wildman–Crippen LogP) is 1.47. The van der Waals surface area contributed by atoms with E-state index < -0.39 is 32.6 Å². The van der Waals surface area contributed by atoms with Crippen molar-refractivity contribution in [1.29, 1.82) is 0 Å². The van der Waals surface area contributed by atoms with E-state index in [2.05, 4.69) is 0 Å². The third-order valence-electron chi connectivity index (χ3n) is 3.90. The molecule has 0 spiro atoms. The number of nitro groups is 1. The fraction of sp³-hybridized carbons (Fsp3) is 0.500. The van der Waals surface area contributed by atoms with Gasteiger partial charge in [-0.1, -0.05) is 25.1 Å². The molecule has 1 N–H and O–H groups in total. The molecule has 2 rings (SSSR count). The van der Waals surface area contributed by atoms with Gasteiger partial charge in [0.1, 0.15) is 0 Å². The lowest BCUT2D eigenvalue weighted by atomic mass is 9.92. The summed E-state index contributed by atoms with van der Waals surface area (Å²) in [6, 6.07) is 5.66. The molecule has 1 fully saturated rings. The SMILES string of the molecule is CC1CC(C(=O)O)CN(S(=O)(=O)Cc2ccccc2[N+](=O)[O-])C1. The number of nitrogens with zero attached hydrogens (tertiary/aromatic N) is 2.